The molecule has 2 unspecified atom stereocenters. The SMILES string of the molecule is CCC(CC1CC1)NC(C)c1ccc(C)s1. The molecule has 0 spiro atoms. The fourth-order valence-corrected chi connectivity index (χ4v) is 3.12. The van der Waals surface area contributed by atoms with Crippen molar-refractivity contribution in [2.45, 2.75) is 58.5 Å². The Morgan fingerprint density at radius 3 is 2.69 bits per heavy atom. The van der Waals surface area contributed by atoms with Gasteiger partial charge in [0.25, 0.3) is 0 Å². The van der Waals surface area contributed by atoms with Gasteiger partial charge in [0, 0.05) is 21.8 Å². The van der Waals surface area contributed by atoms with Gasteiger partial charge in [-0.2, -0.15) is 0 Å². The van der Waals surface area contributed by atoms with Gasteiger partial charge in [0.05, 0.1) is 0 Å². The van der Waals surface area contributed by atoms with Gasteiger partial charge in [-0.1, -0.05) is 19.8 Å². The summed E-state index contributed by atoms with van der Waals surface area (Å²) in [6.45, 7) is 6.77. The second-order valence-electron chi connectivity index (χ2n) is 5.12. The van der Waals surface area contributed by atoms with Gasteiger partial charge in [0.1, 0.15) is 0 Å². The molecule has 0 aliphatic heterocycles. The zero-order valence-electron chi connectivity index (χ0n) is 10.6. The van der Waals surface area contributed by atoms with Crippen LogP contribution < -0.4 is 5.32 Å². The van der Waals surface area contributed by atoms with Gasteiger partial charge < -0.3 is 5.32 Å². The molecule has 0 amide bonds. The molecular weight excluding hydrogens is 214 g/mol. The number of rotatable bonds is 6. The van der Waals surface area contributed by atoms with E-state index in [-0.39, 0.29) is 0 Å². The normalized spacial score (nSPS) is 19.7. The predicted octanol–water partition coefficient (Wildman–Crippen LogP) is 4.29. The minimum absolute atomic E-state index is 0.516. The molecule has 2 rings (SSSR count). The number of thiophene rings is 1. The first kappa shape index (κ1) is 12.1. The summed E-state index contributed by atoms with van der Waals surface area (Å²) in [6, 6.07) is 5.72. The Morgan fingerprint density at radius 1 is 1.44 bits per heavy atom. The average Bonchev–Trinajstić information content (AvgIpc) is 2.97. The van der Waals surface area contributed by atoms with E-state index < -0.39 is 0 Å². The zero-order chi connectivity index (χ0) is 11.5. The topological polar surface area (TPSA) is 12.0 Å². The lowest BCUT2D eigenvalue weighted by molar-refractivity contribution is 0.407. The monoisotopic (exact) mass is 237 g/mol. The summed E-state index contributed by atoms with van der Waals surface area (Å²) in [5.74, 6) is 1.02. The molecule has 1 nitrogen and oxygen atoms in total. The summed E-state index contributed by atoms with van der Waals surface area (Å²) in [6.07, 6.45) is 5.56. The minimum atomic E-state index is 0.516. The minimum Gasteiger partial charge on any atom is -0.307 e. The lowest BCUT2D eigenvalue weighted by atomic mass is 10.1. The highest BCUT2D eigenvalue weighted by molar-refractivity contribution is 7.12. The molecule has 1 aliphatic carbocycles. The maximum Gasteiger partial charge on any atom is 0.0388 e. The standard InChI is InChI=1S/C14H23NS/c1-4-13(9-12-6-7-12)15-11(3)14-8-5-10(2)16-14/h5,8,11-13,15H,4,6-7,9H2,1-3H3. The molecule has 1 aromatic heterocycles. The molecule has 2 atom stereocenters. The first-order valence-electron chi connectivity index (χ1n) is 6.51. The molecule has 2 heteroatoms. The first-order valence-corrected chi connectivity index (χ1v) is 7.33. The van der Waals surface area contributed by atoms with Crippen molar-refractivity contribution in [1.82, 2.24) is 5.32 Å². The van der Waals surface area contributed by atoms with E-state index in [0.29, 0.717) is 12.1 Å². The van der Waals surface area contributed by atoms with Crippen LogP contribution in [0.1, 0.15) is 55.3 Å². The van der Waals surface area contributed by atoms with Gasteiger partial charge in [-0.15, -0.1) is 11.3 Å². The van der Waals surface area contributed by atoms with Gasteiger partial charge in [-0.3, -0.25) is 0 Å². The number of nitrogens with one attached hydrogen (secondary N) is 1. The van der Waals surface area contributed by atoms with Gasteiger partial charge in [0.2, 0.25) is 0 Å². The van der Waals surface area contributed by atoms with Crippen molar-refractivity contribution in [3.05, 3.63) is 21.9 Å². The van der Waals surface area contributed by atoms with Crippen molar-refractivity contribution in [3.8, 4) is 0 Å². The summed E-state index contributed by atoms with van der Waals surface area (Å²) in [7, 11) is 0. The van der Waals surface area contributed by atoms with Crippen LogP contribution in [0.3, 0.4) is 0 Å². The van der Waals surface area contributed by atoms with Gasteiger partial charge in [0.15, 0.2) is 0 Å². The Hall–Kier alpha value is -0.340. The summed E-state index contributed by atoms with van der Waals surface area (Å²) >= 11 is 1.92. The molecule has 1 N–H and O–H groups in total. The van der Waals surface area contributed by atoms with E-state index >= 15 is 0 Å². The molecular formula is C14H23NS. The Morgan fingerprint density at radius 2 is 2.19 bits per heavy atom. The first-order chi connectivity index (χ1) is 7.69. The molecule has 0 aromatic carbocycles. The summed E-state index contributed by atoms with van der Waals surface area (Å²) in [5.41, 5.74) is 0. The van der Waals surface area contributed by atoms with Crippen molar-refractivity contribution in [2.75, 3.05) is 0 Å². The Bertz CT molecular complexity index is 327. The van der Waals surface area contributed by atoms with Crippen LogP contribution in [0.2, 0.25) is 0 Å². The molecule has 1 aliphatic rings. The number of hydrogen-bond acceptors (Lipinski definition) is 2. The molecule has 1 fully saturated rings. The summed E-state index contributed by atoms with van der Waals surface area (Å²) in [5, 5.41) is 3.78. The van der Waals surface area contributed by atoms with Crippen molar-refractivity contribution < 1.29 is 0 Å². The number of aryl methyl sites for hydroxylation is 1. The number of hydrogen-bond donors (Lipinski definition) is 1. The fourth-order valence-electron chi connectivity index (χ4n) is 2.23. The molecule has 1 saturated carbocycles. The van der Waals surface area contributed by atoms with E-state index in [9.17, 15) is 0 Å². The lowest BCUT2D eigenvalue weighted by Gasteiger charge is -2.21. The Balaban J connectivity index is 1.86. The fraction of sp³-hybridized carbons (Fsp3) is 0.714. The van der Waals surface area contributed by atoms with E-state index in [4.69, 9.17) is 0 Å². The Kier molecular flexibility index (Phi) is 4.04. The lowest BCUT2D eigenvalue weighted by Crippen LogP contribution is -2.31. The highest BCUT2D eigenvalue weighted by Crippen LogP contribution is 2.34. The van der Waals surface area contributed by atoms with Crippen LogP contribution in [0.15, 0.2) is 12.1 Å². The van der Waals surface area contributed by atoms with Crippen molar-refractivity contribution >= 4 is 11.3 Å². The molecule has 16 heavy (non-hydrogen) atoms. The van der Waals surface area contributed by atoms with E-state index in [0.717, 1.165) is 5.92 Å². The van der Waals surface area contributed by atoms with Crippen LogP contribution in [-0.2, 0) is 0 Å². The summed E-state index contributed by atoms with van der Waals surface area (Å²) < 4.78 is 0. The van der Waals surface area contributed by atoms with Crippen molar-refractivity contribution in [1.29, 1.82) is 0 Å². The largest absolute Gasteiger partial charge is 0.307 e. The maximum absolute atomic E-state index is 3.78. The third kappa shape index (κ3) is 3.33. The second-order valence-corrected chi connectivity index (χ2v) is 6.44. The van der Waals surface area contributed by atoms with Crippen LogP contribution >= 0.6 is 11.3 Å². The third-order valence-electron chi connectivity index (χ3n) is 3.48. The third-order valence-corrected chi connectivity index (χ3v) is 4.66. The van der Waals surface area contributed by atoms with E-state index in [2.05, 4.69) is 38.2 Å². The van der Waals surface area contributed by atoms with Crippen LogP contribution in [0.25, 0.3) is 0 Å². The van der Waals surface area contributed by atoms with E-state index in [1.165, 1.54) is 35.4 Å². The quantitative estimate of drug-likeness (QED) is 0.778. The molecule has 1 heterocycles. The van der Waals surface area contributed by atoms with Crippen molar-refractivity contribution in [3.63, 3.8) is 0 Å². The van der Waals surface area contributed by atoms with Gasteiger partial charge in [-0.25, -0.2) is 0 Å². The smallest absolute Gasteiger partial charge is 0.0388 e. The maximum atomic E-state index is 3.78. The molecule has 0 saturated heterocycles. The second kappa shape index (κ2) is 5.33. The zero-order valence-corrected chi connectivity index (χ0v) is 11.4. The molecule has 90 valence electrons. The van der Waals surface area contributed by atoms with Crippen LogP contribution in [0.4, 0.5) is 0 Å². The molecule has 0 radical (unpaired) electrons. The van der Waals surface area contributed by atoms with E-state index in [1.807, 2.05) is 11.3 Å². The van der Waals surface area contributed by atoms with E-state index in [1.54, 1.807) is 0 Å². The highest BCUT2D eigenvalue weighted by atomic mass is 32.1. The Labute approximate surface area is 103 Å². The van der Waals surface area contributed by atoms with Crippen molar-refractivity contribution in [2.24, 2.45) is 5.92 Å². The van der Waals surface area contributed by atoms with Crippen LogP contribution in [0, 0.1) is 12.8 Å². The molecule has 0 bridgehead atoms. The molecule has 1 aromatic rings. The predicted molar refractivity (Wildman–Crippen MR) is 72.0 cm³/mol. The van der Waals surface area contributed by atoms with Crippen LogP contribution in [-0.4, -0.2) is 6.04 Å². The summed E-state index contributed by atoms with van der Waals surface area (Å²) in [4.78, 5) is 2.89. The van der Waals surface area contributed by atoms with Gasteiger partial charge in [-0.05, 0) is 44.7 Å². The van der Waals surface area contributed by atoms with Gasteiger partial charge >= 0.3 is 0 Å². The van der Waals surface area contributed by atoms with Crippen LogP contribution in [0.5, 0.6) is 0 Å². The average molecular weight is 237 g/mol. The highest BCUT2D eigenvalue weighted by Gasteiger charge is 2.25.